The molecular weight excluding hydrogens is 464 g/mol. The minimum Gasteiger partial charge on any atom is -0.396 e. The lowest BCUT2D eigenvalue weighted by Gasteiger charge is -2.44. The molecule has 8 nitrogen and oxygen atoms in total. The molecule has 0 radical (unpaired) electrons. The lowest BCUT2D eigenvalue weighted by Crippen LogP contribution is -2.57. The number of pyridine rings is 1. The molecule has 2 aromatic heterocycles. The molecule has 3 aromatic rings. The number of nitrogens with two attached hydrogens (primary N) is 1. The average molecular weight is 501 g/mol. The summed E-state index contributed by atoms with van der Waals surface area (Å²) in [5.41, 5.74) is 12.9. The van der Waals surface area contributed by atoms with Crippen LogP contribution in [-0.2, 0) is 9.53 Å². The fraction of sp³-hybridized carbons (Fsp3) is 0.448. The molecule has 1 atom stereocenters. The predicted molar refractivity (Wildman–Crippen MR) is 148 cm³/mol. The van der Waals surface area contributed by atoms with E-state index in [0.717, 1.165) is 52.2 Å². The van der Waals surface area contributed by atoms with E-state index in [1.54, 1.807) is 19.4 Å². The summed E-state index contributed by atoms with van der Waals surface area (Å²) in [7, 11) is 1.63. The van der Waals surface area contributed by atoms with Crippen LogP contribution < -0.4 is 10.6 Å². The van der Waals surface area contributed by atoms with Gasteiger partial charge in [0.15, 0.2) is 5.82 Å². The van der Waals surface area contributed by atoms with Crippen molar-refractivity contribution in [2.75, 3.05) is 44.0 Å². The number of hydrogen-bond acceptors (Lipinski definition) is 7. The highest BCUT2D eigenvalue weighted by Gasteiger charge is 2.35. The highest BCUT2D eigenvalue weighted by molar-refractivity contribution is 5.94. The Hall–Kier alpha value is -3.52. The van der Waals surface area contributed by atoms with Gasteiger partial charge in [-0.15, -0.1) is 0 Å². The Balaban J connectivity index is 1.50. The summed E-state index contributed by atoms with van der Waals surface area (Å²) in [6, 6.07) is 8.21. The van der Waals surface area contributed by atoms with Gasteiger partial charge in [0.25, 0.3) is 0 Å². The molecule has 0 spiro atoms. The zero-order chi connectivity index (χ0) is 26.1. The van der Waals surface area contributed by atoms with E-state index in [0.29, 0.717) is 50.2 Å². The van der Waals surface area contributed by atoms with E-state index in [1.807, 2.05) is 17.0 Å². The number of rotatable bonds is 8. The molecule has 0 unspecified atom stereocenters. The molecule has 2 N–H and O–H groups in total. The summed E-state index contributed by atoms with van der Waals surface area (Å²) in [6.45, 7) is 10.6. The number of aromatic nitrogens is 3. The Morgan fingerprint density at radius 3 is 2.76 bits per heavy atom. The van der Waals surface area contributed by atoms with Crippen LogP contribution in [0.1, 0.15) is 50.4 Å². The monoisotopic (exact) mass is 500 g/mol. The summed E-state index contributed by atoms with van der Waals surface area (Å²) in [5, 5.41) is 0. The number of benzene rings is 1. The van der Waals surface area contributed by atoms with Crippen LogP contribution >= 0.6 is 0 Å². The largest absolute Gasteiger partial charge is 0.396 e. The van der Waals surface area contributed by atoms with Crippen molar-refractivity contribution in [2.24, 2.45) is 5.92 Å². The number of anilines is 2. The summed E-state index contributed by atoms with van der Waals surface area (Å²) in [5.74, 6) is 1.70. The van der Waals surface area contributed by atoms with Crippen molar-refractivity contribution in [3.63, 3.8) is 0 Å². The zero-order valence-corrected chi connectivity index (χ0v) is 22.0. The van der Waals surface area contributed by atoms with Crippen LogP contribution in [0.4, 0.5) is 11.5 Å². The van der Waals surface area contributed by atoms with E-state index in [2.05, 4.69) is 42.4 Å². The molecule has 2 aliphatic rings. The van der Waals surface area contributed by atoms with Gasteiger partial charge >= 0.3 is 0 Å². The first-order valence-electron chi connectivity index (χ1n) is 13.1. The number of piperazine rings is 1. The minimum atomic E-state index is 0.0933. The Bertz CT molecular complexity index is 1320. The Morgan fingerprint density at radius 2 is 2.05 bits per heavy atom. The fourth-order valence-corrected chi connectivity index (χ4v) is 5.26. The van der Waals surface area contributed by atoms with Crippen molar-refractivity contribution < 1.29 is 9.53 Å². The van der Waals surface area contributed by atoms with Crippen molar-refractivity contribution in [3.8, 4) is 11.1 Å². The number of nitrogens with zero attached hydrogens (tertiary/aromatic N) is 5. The third-order valence-electron chi connectivity index (χ3n) is 7.44. The maximum Gasteiger partial charge on any atom is 0.225 e. The van der Waals surface area contributed by atoms with Crippen LogP contribution in [0, 0.1) is 5.92 Å². The van der Waals surface area contributed by atoms with Gasteiger partial charge < -0.3 is 20.3 Å². The molecule has 1 saturated heterocycles. The van der Waals surface area contributed by atoms with Crippen molar-refractivity contribution in [1.29, 1.82) is 0 Å². The highest BCUT2D eigenvalue weighted by Crippen LogP contribution is 2.46. The second kappa shape index (κ2) is 10.5. The zero-order valence-electron chi connectivity index (χ0n) is 22.0. The van der Waals surface area contributed by atoms with Crippen LogP contribution in [0.5, 0.6) is 0 Å². The number of hydrogen-bond donors (Lipinski definition) is 1. The first-order chi connectivity index (χ1) is 17.9. The van der Waals surface area contributed by atoms with E-state index in [-0.39, 0.29) is 11.9 Å². The Kier molecular flexibility index (Phi) is 7.11. The number of nitrogen functional groups attached to an aromatic ring is 1. The van der Waals surface area contributed by atoms with Gasteiger partial charge in [0.05, 0.1) is 53.4 Å². The predicted octanol–water partition coefficient (Wildman–Crippen LogP) is 4.50. The lowest BCUT2D eigenvalue weighted by atomic mass is 9.97. The van der Waals surface area contributed by atoms with Crippen LogP contribution in [0.25, 0.3) is 28.2 Å². The fourth-order valence-electron chi connectivity index (χ4n) is 5.26. The van der Waals surface area contributed by atoms with Gasteiger partial charge in [-0.1, -0.05) is 32.6 Å². The number of carbonyl (C=O) groups excluding carboxylic acids is 1. The molecule has 0 bridgehead atoms. The normalized spacial score (nSPS) is 18.0. The van der Waals surface area contributed by atoms with E-state index < -0.39 is 0 Å². The van der Waals surface area contributed by atoms with Crippen molar-refractivity contribution in [2.45, 2.75) is 45.1 Å². The highest BCUT2D eigenvalue weighted by atomic mass is 16.5. The molecule has 8 heteroatoms. The van der Waals surface area contributed by atoms with Gasteiger partial charge in [0, 0.05) is 43.8 Å². The van der Waals surface area contributed by atoms with Crippen molar-refractivity contribution >= 4 is 34.5 Å². The van der Waals surface area contributed by atoms with E-state index in [9.17, 15) is 4.79 Å². The molecule has 1 aliphatic heterocycles. The minimum absolute atomic E-state index is 0.0933. The second-order valence-electron chi connectivity index (χ2n) is 10.4. The topological polar surface area (TPSA) is 97.5 Å². The molecule has 2 fully saturated rings. The van der Waals surface area contributed by atoms with Gasteiger partial charge in [0.1, 0.15) is 0 Å². The summed E-state index contributed by atoms with van der Waals surface area (Å²) in [6.07, 6.45) is 6.11. The van der Waals surface area contributed by atoms with Crippen molar-refractivity contribution in [1.82, 2.24) is 19.9 Å². The lowest BCUT2D eigenvalue weighted by molar-refractivity contribution is -0.135. The molecule has 194 valence electrons. The number of fused-ring (bicyclic) bond motifs is 1. The van der Waals surface area contributed by atoms with Gasteiger partial charge in [-0.05, 0) is 37.0 Å². The molecule has 1 amide bonds. The second-order valence-corrected chi connectivity index (χ2v) is 10.4. The number of carbonyl (C=O) groups is 1. The molecule has 1 aromatic carbocycles. The smallest absolute Gasteiger partial charge is 0.225 e. The van der Waals surface area contributed by atoms with Gasteiger partial charge in [0.2, 0.25) is 5.91 Å². The van der Waals surface area contributed by atoms with E-state index in [1.165, 1.54) is 0 Å². The van der Waals surface area contributed by atoms with Crippen LogP contribution in [-0.4, -0.2) is 65.2 Å². The Labute approximate surface area is 218 Å². The first kappa shape index (κ1) is 25.1. The van der Waals surface area contributed by atoms with Crippen LogP contribution in [0.15, 0.2) is 37.0 Å². The van der Waals surface area contributed by atoms with E-state index in [4.69, 9.17) is 20.4 Å². The third kappa shape index (κ3) is 5.03. The number of methoxy groups -OCH3 is 1. The first-order valence-corrected chi connectivity index (χ1v) is 13.1. The number of para-hydroxylation sites is 1. The summed E-state index contributed by atoms with van der Waals surface area (Å²) >= 11 is 0. The molecule has 5 rings (SSSR count). The number of amides is 1. The van der Waals surface area contributed by atoms with Crippen LogP contribution in [0.2, 0.25) is 0 Å². The van der Waals surface area contributed by atoms with Gasteiger partial charge in [-0.25, -0.2) is 9.97 Å². The SMILES string of the molecule is C=Cc1cnc2c(-c3cc(N)c(N4CCN(C(=O)CCOC)[C@H](C(C)C)C4)nc3C3CC3)cccc2n1. The maximum atomic E-state index is 12.9. The summed E-state index contributed by atoms with van der Waals surface area (Å²) in [4.78, 5) is 31.7. The maximum absolute atomic E-state index is 12.9. The molecule has 37 heavy (non-hydrogen) atoms. The third-order valence-corrected chi connectivity index (χ3v) is 7.44. The van der Waals surface area contributed by atoms with Crippen molar-refractivity contribution in [3.05, 3.63) is 48.4 Å². The van der Waals surface area contributed by atoms with E-state index >= 15 is 0 Å². The quantitative estimate of drug-likeness (QED) is 0.486. The van der Waals surface area contributed by atoms with Gasteiger partial charge in [-0.3, -0.25) is 9.78 Å². The Morgan fingerprint density at radius 1 is 1.24 bits per heavy atom. The number of ether oxygens (including phenoxy) is 1. The van der Waals surface area contributed by atoms with Crippen LogP contribution in [0.3, 0.4) is 0 Å². The molecular formula is C29H36N6O2. The van der Waals surface area contributed by atoms with Gasteiger partial charge in [-0.2, -0.15) is 0 Å². The average Bonchev–Trinajstić information content (AvgIpc) is 3.76. The standard InChI is InChI=1S/C29H36N6O2/c1-5-20-16-31-28-21(7-6-8-24(28)32-20)22-15-23(30)29(33-27(22)19-9-10-19)34-12-13-35(25(17-34)18(2)3)26(36)11-14-37-4/h5-8,15-16,18-19,25H,1,9-14,17,30H2,2-4H3/t25-/m0/s1. The molecule has 3 heterocycles. The summed E-state index contributed by atoms with van der Waals surface area (Å²) < 4.78 is 5.14. The molecule has 1 aliphatic carbocycles. The molecule has 1 saturated carbocycles.